The van der Waals surface area contributed by atoms with Crippen LogP contribution in [0.5, 0.6) is 0 Å². The highest BCUT2D eigenvalue weighted by Gasteiger charge is 2.19. The summed E-state index contributed by atoms with van der Waals surface area (Å²) in [6.45, 7) is 5.22. The normalized spacial score (nSPS) is 26.5. The Morgan fingerprint density at radius 1 is 1.40 bits per heavy atom. The standard InChI is InChI=1S/C13H20N2/c1-10-5-13(9-15-8-10)12-4-2-3-11(6-12)7-14/h2-4,6,10,13,15H,5,7-9,14H2,1H3. The molecule has 0 saturated carbocycles. The molecule has 1 aliphatic rings. The Bertz CT molecular complexity index is 322. The van der Waals surface area contributed by atoms with Crippen LogP contribution in [0, 0.1) is 5.92 Å². The molecule has 2 rings (SSSR count). The molecule has 1 heterocycles. The summed E-state index contributed by atoms with van der Waals surface area (Å²) < 4.78 is 0. The van der Waals surface area contributed by atoms with Crippen LogP contribution in [0.3, 0.4) is 0 Å². The number of nitrogens with two attached hydrogens (primary N) is 1. The van der Waals surface area contributed by atoms with E-state index in [1.165, 1.54) is 17.5 Å². The van der Waals surface area contributed by atoms with E-state index < -0.39 is 0 Å². The third kappa shape index (κ3) is 2.58. The van der Waals surface area contributed by atoms with Crippen molar-refractivity contribution in [3.8, 4) is 0 Å². The lowest BCUT2D eigenvalue weighted by Gasteiger charge is -2.28. The van der Waals surface area contributed by atoms with Gasteiger partial charge in [0.2, 0.25) is 0 Å². The van der Waals surface area contributed by atoms with Gasteiger partial charge in [-0.2, -0.15) is 0 Å². The van der Waals surface area contributed by atoms with Crippen LogP contribution in [0.15, 0.2) is 24.3 Å². The molecular formula is C13H20N2. The molecule has 2 heteroatoms. The molecule has 0 amide bonds. The maximum absolute atomic E-state index is 5.66. The summed E-state index contributed by atoms with van der Waals surface area (Å²) in [5, 5.41) is 3.49. The van der Waals surface area contributed by atoms with Gasteiger partial charge < -0.3 is 11.1 Å². The Morgan fingerprint density at radius 2 is 2.27 bits per heavy atom. The molecule has 0 spiro atoms. The minimum atomic E-state index is 0.642. The van der Waals surface area contributed by atoms with Gasteiger partial charge in [0.1, 0.15) is 0 Å². The lowest BCUT2D eigenvalue weighted by molar-refractivity contribution is 0.364. The fourth-order valence-electron chi connectivity index (χ4n) is 2.38. The molecule has 1 aliphatic heterocycles. The van der Waals surface area contributed by atoms with Crippen molar-refractivity contribution in [1.82, 2.24) is 5.32 Å². The molecule has 1 aromatic rings. The van der Waals surface area contributed by atoms with Crippen LogP contribution < -0.4 is 11.1 Å². The minimum Gasteiger partial charge on any atom is -0.326 e. The van der Waals surface area contributed by atoms with E-state index in [0.717, 1.165) is 19.0 Å². The topological polar surface area (TPSA) is 38.0 Å². The van der Waals surface area contributed by atoms with Crippen LogP contribution >= 0.6 is 0 Å². The molecule has 82 valence electrons. The van der Waals surface area contributed by atoms with E-state index >= 15 is 0 Å². The van der Waals surface area contributed by atoms with E-state index in [1.807, 2.05) is 0 Å². The van der Waals surface area contributed by atoms with Crippen molar-refractivity contribution in [2.75, 3.05) is 13.1 Å². The van der Waals surface area contributed by atoms with Crippen molar-refractivity contribution in [2.45, 2.75) is 25.8 Å². The second-order valence-electron chi connectivity index (χ2n) is 4.65. The third-order valence-electron chi connectivity index (χ3n) is 3.23. The van der Waals surface area contributed by atoms with Crippen molar-refractivity contribution in [3.05, 3.63) is 35.4 Å². The molecule has 1 aromatic carbocycles. The summed E-state index contributed by atoms with van der Waals surface area (Å²) in [6, 6.07) is 8.70. The van der Waals surface area contributed by atoms with Crippen molar-refractivity contribution in [3.63, 3.8) is 0 Å². The number of rotatable bonds is 2. The highest BCUT2D eigenvalue weighted by molar-refractivity contribution is 5.27. The van der Waals surface area contributed by atoms with E-state index in [2.05, 4.69) is 36.5 Å². The summed E-state index contributed by atoms with van der Waals surface area (Å²) in [5.74, 6) is 1.45. The Balaban J connectivity index is 2.13. The van der Waals surface area contributed by atoms with Gasteiger partial charge in [-0.05, 0) is 35.9 Å². The summed E-state index contributed by atoms with van der Waals surface area (Å²) in [5.41, 5.74) is 8.34. The van der Waals surface area contributed by atoms with E-state index in [1.54, 1.807) is 0 Å². The molecule has 1 saturated heterocycles. The van der Waals surface area contributed by atoms with Crippen molar-refractivity contribution in [2.24, 2.45) is 11.7 Å². The van der Waals surface area contributed by atoms with Crippen molar-refractivity contribution < 1.29 is 0 Å². The lowest BCUT2D eigenvalue weighted by Crippen LogP contribution is -2.33. The Labute approximate surface area is 91.9 Å². The quantitative estimate of drug-likeness (QED) is 0.771. The molecule has 15 heavy (non-hydrogen) atoms. The largest absolute Gasteiger partial charge is 0.326 e. The van der Waals surface area contributed by atoms with Crippen LogP contribution in [-0.4, -0.2) is 13.1 Å². The lowest BCUT2D eigenvalue weighted by atomic mass is 9.86. The molecule has 2 nitrogen and oxygen atoms in total. The smallest absolute Gasteiger partial charge is 0.0178 e. The van der Waals surface area contributed by atoms with E-state index in [0.29, 0.717) is 12.5 Å². The molecule has 0 aliphatic carbocycles. The molecule has 0 bridgehead atoms. The van der Waals surface area contributed by atoms with E-state index in [4.69, 9.17) is 5.73 Å². The van der Waals surface area contributed by atoms with Gasteiger partial charge in [-0.25, -0.2) is 0 Å². The van der Waals surface area contributed by atoms with Crippen LogP contribution in [0.2, 0.25) is 0 Å². The van der Waals surface area contributed by atoms with Gasteiger partial charge in [0.15, 0.2) is 0 Å². The predicted octanol–water partition coefficient (Wildman–Crippen LogP) is 1.86. The number of benzene rings is 1. The first-order chi connectivity index (χ1) is 7.29. The monoisotopic (exact) mass is 204 g/mol. The highest BCUT2D eigenvalue weighted by atomic mass is 14.9. The maximum atomic E-state index is 5.66. The molecule has 3 N–H and O–H groups in total. The molecular weight excluding hydrogens is 184 g/mol. The zero-order valence-corrected chi connectivity index (χ0v) is 9.37. The molecule has 2 atom stereocenters. The summed E-state index contributed by atoms with van der Waals surface area (Å²) >= 11 is 0. The van der Waals surface area contributed by atoms with Gasteiger partial charge in [0.05, 0.1) is 0 Å². The molecule has 2 unspecified atom stereocenters. The predicted molar refractivity (Wildman–Crippen MR) is 63.7 cm³/mol. The second kappa shape index (κ2) is 4.77. The van der Waals surface area contributed by atoms with Crippen LogP contribution in [0.25, 0.3) is 0 Å². The van der Waals surface area contributed by atoms with Crippen LogP contribution in [-0.2, 0) is 6.54 Å². The second-order valence-corrected chi connectivity index (χ2v) is 4.65. The van der Waals surface area contributed by atoms with Crippen molar-refractivity contribution in [1.29, 1.82) is 0 Å². The van der Waals surface area contributed by atoms with Gasteiger partial charge in [0.25, 0.3) is 0 Å². The maximum Gasteiger partial charge on any atom is 0.0178 e. The number of piperidine rings is 1. The SMILES string of the molecule is CC1CNCC(c2cccc(CN)c2)C1. The first-order valence-corrected chi connectivity index (χ1v) is 5.79. The van der Waals surface area contributed by atoms with Gasteiger partial charge in [-0.15, -0.1) is 0 Å². The fourth-order valence-corrected chi connectivity index (χ4v) is 2.38. The zero-order valence-electron chi connectivity index (χ0n) is 9.37. The van der Waals surface area contributed by atoms with Crippen molar-refractivity contribution >= 4 is 0 Å². The van der Waals surface area contributed by atoms with E-state index in [-0.39, 0.29) is 0 Å². The molecule has 0 radical (unpaired) electrons. The average molecular weight is 204 g/mol. The molecule has 0 aromatic heterocycles. The Kier molecular flexibility index (Phi) is 3.39. The zero-order chi connectivity index (χ0) is 10.7. The molecule has 1 fully saturated rings. The average Bonchev–Trinajstić information content (AvgIpc) is 2.29. The number of nitrogens with one attached hydrogen (secondary N) is 1. The van der Waals surface area contributed by atoms with Gasteiger partial charge in [0, 0.05) is 13.1 Å². The number of hydrogen-bond acceptors (Lipinski definition) is 2. The first kappa shape index (κ1) is 10.7. The summed E-state index contributed by atoms with van der Waals surface area (Å²) in [4.78, 5) is 0. The number of hydrogen-bond donors (Lipinski definition) is 2. The van der Waals surface area contributed by atoms with Gasteiger partial charge in [-0.1, -0.05) is 31.2 Å². The Morgan fingerprint density at radius 3 is 3.00 bits per heavy atom. The van der Waals surface area contributed by atoms with Gasteiger partial charge in [-0.3, -0.25) is 0 Å². The first-order valence-electron chi connectivity index (χ1n) is 5.79. The summed E-state index contributed by atoms with van der Waals surface area (Å²) in [7, 11) is 0. The Hall–Kier alpha value is -0.860. The fraction of sp³-hybridized carbons (Fsp3) is 0.538. The van der Waals surface area contributed by atoms with E-state index in [9.17, 15) is 0 Å². The van der Waals surface area contributed by atoms with Crippen LogP contribution in [0.1, 0.15) is 30.4 Å². The highest BCUT2D eigenvalue weighted by Crippen LogP contribution is 2.26. The minimum absolute atomic E-state index is 0.642. The van der Waals surface area contributed by atoms with Crippen LogP contribution in [0.4, 0.5) is 0 Å². The van der Waals surface area contributed by atoms with Gasteiger partial charge >= 0.3 is 0 Å². The summed E-state index contributed by atoms with van der Waals surface area (Å²) in [6.07, 6.45) is 1.29. The third-order valence-corrected chi connectivity index (χ3v) is 3.23.